The topological polar surface area (TPSA) is 78.1 Å². The highest BCUT2D eigenvalue weighted by Gasteiger charge is 1.65. The predicted octanol–water partition coefficient (Wildman–Crippen LogP) is 0.244. The fourth-order valence-electron chi connectivity index (χ4n) is 0.167. The second-order valence-corrected chi connectivity index (χ2v) is 1.05. The zero-order valence-electron chi connectivity index (χ0n) is 5.96. The Morgan fingerprint density at radius 1 is 1.22 bits per heavy atom. The summed E-state index contributed by atoms with van der Waals surface area (Å²) in [7, 11) is 0. The Morgan fingerprint density at radius 3 is 1.78 bits per heavy atom. The van der Waals surface area contributed by atoms with Crippen LogP contribution in [0.4, 0.5) is 0 Å². The minimum atomic E-state index is 0.265. The van der Waals surface area contributed by atoms with Crippen LogP contribution in [-0.2, 0) is 0 Å². The van der Waals surface area contributed by atoms with Gasteiger partial charge in [-0.1, -0.05) is 13.8 Å². The summed E-state index contributed by atoms with van der Waals surface area (Å²) in [6.45, 7) is 4.00. The highest BCUT2D eigenvalue weighted by molar-refractivity contribution is 5.04. The Kier molecular flexibility index (Phi) is 12.0. The monoisotopic (exact) mass is 129 g/mol. The average molecular weight is 129 g/mol. The molecule has 0 aromatic heterocycles. The van der Waals surface area contributed by atoms with Crippen LogP contribution in [0.2, 0.25) is 0 Å². The first-order valence-corrected chi connectivity index (χ1v) is 2.87. The van der Waals surface area contributed by atoms with Crippen LogP contribution in [0.25, 0.3) is 0 Å². The number of hydrogen-bond acceptors (Lipinski definition) is 3. The molecule has 0 aliphatic heterocycles. The third kappa shape index (κ3) is 19.8. The Balaban J connectivity index is 0. The van der Waals surface area contributed by atoms with Crippen molar-refractivity contribution in [3.8, 4) is 0 Å². The van der Waals surface area contributed by atoms with Crippen molar-refractivity contribution >= 4 is 0 Å². The van der Waals surface area contributed by atoms with Gasteiger partial charge in [0.1, 0.15) is 0 Å². The molecule has 0 saturated heterocycles. The van der Waals surface area contributed by atoms with Gasteiger partial charge in [-0.2, -0.15) is 0 Å². The molecule has 0 atom stereocenters. The first-order chi connectivity index (χ1) is 4.27. The molecule has 0 heterocycles. The van der Waals surface area contributed by atoms with Gasteiger partial charge in [0.05, 0.1) is 5.82 Å². The van der Waals surface area contributed by atoms with E-state index in [1.54, 1.807) is 6.08 Å². The predicted molar refractivity (Wildman–Crippen MR) is 41.1 cm³/mol. The number of nitrogens with two attached hydrogens (primary N) is 3. The third-order valence-corrected chi connectivity index (χ3v) is 0.400. The van der Waals surface area contributed by atoms with Crippen molar-refractivity contribution in [1.82, 2.24) is 0 Å². The van der Waals surface area contributed by atoms with E-state index in [4.69, 9.17) is 17.2 Å². The fraction of sp³-hybridized carbons (Fsp3) is 0.333. The molecule has 0 fully saturated rings. The van der Waals surface area contributed by atoms with Crippen LogP contribution in [0.15, 0.2) is 24.2 Å². The van der Waals surface area contributed by atoms with Gasteiger partial charge in [-0.3, -0.25) is 0 Å². The Bertz CT molecular complexity index is 90.5. The van der Waals surface area contributed by atoms with Gasteiger partial charge < -0.3 is 17.2 Å². The number of hydrogen-bond donors (Lipinski definition) is 3. The summed E-state index contributed by atoms with van der Waals surface area (Å²) in [5, 5.41) is 0. The molecular weight excluding hydrogens is 114 g/mol. The summed E-state index contributed by atoms with van der Waals surface area (Å²) >= 11 is 0. The maximum Gasteiger partial charge on any atom is 0.0934 e. The number of rotatable bonds is 1. The van der Waals surface area contributed by atoms with Crippen molar-refractivity contribution in [2.45, 2.75) is 13.8 Å². The van der Waals surface area contributed by atoms with Crippen molar-refractivity contribution in [2.24, 2.45) is 17.2 Å². The maximum atomic E-state index is 5.01. The van der Waals surface area contributed by atoms with Crippen LogP contribution < -0.4 is 17.2 Å². The zero-order valence-corrected chi connectivity index (χ0v) is 5.96. The number of allylic oxidation sites excluding steroid dienone is 2. The van der Waals surface area contributed by atoms with Crippen molar-refractivity contribution in [3.05, 3.63) is 24.2 Å². The molecule has 0 saturated carbocycles. The SMILES string of the molecule is CC.N/C=C\C=C(N)N. The first-order valence-electron chi connectivity index (χ1n) is 2.87. The van der Waals surface area contributed by atoms with Gasteiger partial charge in [0.25, 0.3) is 0 Å². The third-order valence-electron chi connectivity index (χ3n) is 0.400. The molecule has 0 amide bonds. The van der Waals surface area contributed by atoms with E-state index < -0.39 is 0 Å². The summed E-state index contributed by atoms with van der Waals surface area (Å²) in [5.41, 5.74) is 15.0. The smallest absolute Gasteiger partial charge is 0.0934 e. The molecule has 0 spiro atoms. The van der Waals surface area contributed by atoms with Gasteiger partial charge in [0.15, 0.2) is 0 Å². The minimum absolute atomic E-state index is 0.265. The van der Waals surface area contributed by atoms with E-state index in [-0.39, 0.29) is 5.82 Å². The van der Waals surface area contributed by atoms with Crippen LogP contribution in [-0.4, -0.2) is 0 Å². The second-order valence-electron chi connectivity index (χ2n) is 1.05. The van der Waals surface area contributed by atoms with Crippen LogP contribution >= 0.6 is 0 Å². The molecule has 6 N–H and O–H groups in total. The fourth-order valence-corrected chi connectivity index (χ4v) is 0.167. The minimum Gasteiger partial charge on any atom is -0.405 e. The molecule has 3 nitrogen and oxygen atoms in total. The summed E-state index contributed by atoms with van der Waals surface area (Å²) in [4.78, 5) is 0. The highest BCUT2D eigenvalue weighted by Crippen LogP contribution is 1.69. The first kappa shape index (κ1) is 10.8. The van der Waals surface area contributed by atoms with Crippen LogP contribution in [0.3, 0.4) is 0 Å². The summed E-state index contributed by atoms with van der Waals surface area (Å²) in [5.74, 6) is 0.265. The molecule has 0 rings (SSSR count). The van der Waals surface area contributed by atoms with Crippen LogP contribution in [0, 0.1) is 0 Å². The average Bonchev–Trinajstić information content (AvgIpc) is 1.88. The molecule has 0 aromatic carbocycles. The lowest BCUT2D eigenvalue weighted by molar-refractivity contribution is 1.25. The van der Waals surface area contributed by atoms with E-state index in [0.29, 0.717) is 0 Å². The van der Waals surface area contributed by atoms with Gasteiger partial charge >= 0.3 is 0 Å². The van der Waals surface area contributed by atoms with E-state index in [9.17, 15) is 0 Å². The molecular formula is C6H15N3. The van der Waals surface area contributed by atoms with Crippen molar-refractivity contribution < 1.29 is 0 Å². The van der Waals surface area contributed by atoms with E-state index >= 15 is 0 Å². The largest absolute Gasteiger partial charge is 0.405 e. The van der Waals surface area contributed by atoms with Crippen molar-refractivity contribution in [2.75, 3.05) is 0 Å². The molecule has 9 heavy (non-hydrogen) atoms. The zero-order chi connectivity index (χ0) is 7.70. The van der Waals surface area contributed by atoms with Gasteiger partial charge in [-0.15, -0.1) is 0 Å². The van der Waals surface area contributed by atoms with Gasteiger partial charge in [0.2, 0.25) is 0 Å². The normalized spacial score (nSPS) is 7.78. The molecule has 54 valence electrons. The quantitative estimate of drug-likeness (QED) is 0.444. The van der Waals surface area contributed by atoms with Crippen molar-refractivity contribution in [3.63, 3.8) is 0 Å². The molecule has 3 heteroatoms. The van der Waals surface area contributed by atoms with E-state index in [2.05, 4.69) is 0 Å². The Hall–Kier alpha value is -1.12. The molecule has 0 unspecified atom stereocenters. The Labute approximate surface area is 56.2 Å². The van der Waals surface area contributed by atoms with E-state index in [1.165, 1.54) is 12.3 Å². The van der Waals surface area contributed by atoms with Gasteiger partial charge in [-0.25, -0.2) is 0 Å². The summed E-state index contributed by atoms with van der Waals surface area (Å²) < 4.78 is 0. The lowest BCUT2D eigenvalue weighted by Gasteiger charge is -1.81. The summed E-state index contributed by atoms with van der Waals surface area (Å²) in [6.07, 6.45) is 4.44. The van der Waals surface area contributed by atoms with E-state index in [1.807, 2.05) is 13.8 Å². The second kappa shape index (κ2) is 9.99. The van der Waals surface area contributed by atoms with E-state index in [0.717, 1.165) is 0 Å². The molecule has 0 aliphatic carbocycles. The Morgan fingerprint density at radius 2 is 1.67 bits per heavy atom. The van der Waals surface area contributed by atoms with Crippen LogP contribution in [0.5, 0.6) is 0 Å². The molecule has 0 aliphatic rings. The summed E-state index contributed by atoms with van der Waals surface area (Å²) in [6, 6.07) is 0. The van der Waals surface area contributed by atoms with Crippen LogP contribution in [0.1, 0.15) is 13.8 Å². The van der Waals surface area contributed by atoms with Gasteiger partial charge in [-0.05, 0) is 18.4 Å². The van der Waals surface area contributed by atoms with Gasteiger partial charge in [0, 0.05) is 0 Å². The van der Waals surface area contributed by atoms with Crippen molar-refractivity contribution in [1.29, 1.82) is 0 Å². The lowest BCUT2D eigenvalue weighted by Crippen LogP contribution is -2.06. The maximum absolute atomic E-state index is 5.01. The highest BCUT2D eigenvalue weighted by atomic mass is 14.8. The molecule has 0 radical (unpaired) electrons. The molecule has 0 bridgehead atoms. The standard InChI is InChI=1S/C4H9N3.C2H6/c5-3-1-2-4(6)7;1-2/h1-3H,5-7H2;1-2H3/b3-1-;. The lowest BCUT2D eigenvalue weighted by atomic mass is 10.5. The molecule has 0 aromatic rings.